The summed E-state index contributed by atoms with van der Waals surface area (Å²) in [6.45, 7) is 4.56. The van der Waals surface area contributed by atoms with E-state index in [9.17, 15) is 18.0 Å². The normalized spacial score (nSPS) is 19.9. The van der Waals surface area contributed by atoms with E-state index in [1.807, 2.05) is 18.2 Å². The van der Waals surface area contributed by atoms with Crippen molar-refractivity contribution in [1.29, 1.82) is 0 Å². The summed E-state index contributed by atoms with van der Waals surface area (Å²) in [7, 11) is 2.13. The molecule has 0 unspecified atom stereocenters. The number of alkyl halides is 3. The second-order valence-electron chi connectivity index (χ2n) is 8.81. The number of likely N-dealkylation sites (N-methyl/N-ethyl adjacent to an activating group) is 1. The SMILES string of the molecule is CN(C[C@H]1COCCO1)C1CCN(c2cccc(NC(=O)c3cccc(C(F)(F)F)c3)c2)CC1. The molecule has 2 aromatic carbocycles. The highest BCUT2D eigenvalue weighted by Crippen LogP contribution is 2.30. The number of nitrogens with zero attached hydrogens (tertiary/aromatic N) is 2. The van der Waals surface area contributed by atoms with Crippen molar-refractivity contribution in [2.75, 3.05) is 56.7 Å². The molecule has 1 amide bonds. The number of nitrogens with one attached hydrogen (secondary N) is 1. The van der Waals surface area contributed by atoms with Gasteiger partial charge in [-0.2, -0.15) is 13.2 Å². The first-order valence-electron chi connectivity index (χ1n) is 11.5. The average Bonchev–Trinajstić information content (AvgIpc) is 2.84. The summed E-state index contributed by atoms with van der Waals surface area (Å²) in [6, 6.07) is 12.3. The van der Waals surface area contributed by atoms with Crippen molar-refractivity contribution in [2.24, 2.45) is 0 Å². The first-order chi connectivity index (χ1) is 16.3. The van der Waals surface area contributed by atoms with Crippen LogP contribution in [0.15, 0.2) is 48.5 Å². The van der Waals surface area contributed by atoms with Gasteiger partial charge in [0, 0.05) is 42.6 Å². The molecule has 2 aromatic rings. The predicted octanol–water partition coefficient (Wildman–Crippen LogP) is 4.27. The number of hydrogen-bond acceptors (Lipinski definition) is 5. The minimum absolute atomic E-state index is 0.0311. The third-order valence-electron chi connectivity index (χ3n) is 6.39. The van der Waals surface area contributed by atoms with Crippen molar-refractivity contribution < 1.29 is 27.4 Å². The van der Waals surface area contributed by atoms with Gasteiger partial charge in [-0.05, 0) is 56.3 Å². The summed E-state index contributed by atoms with van der Waals surface area (Å²) in [5, 5.41) is 2.72. The molecule has 2 aliphatic heterocycles. The van der Waals surface area contributed by atoms with Crippen LogP contribution < -0.4 is 10.2 Å². The van der Waals surface area contributed by atoms with Gasteiger partial charge in [0.25, 0.3) is 5.91 Å². The van der Waals surface area contributed by atoms with Gasteiger partial charge < -0.3 is 24.6 Å². The molecule has 0 saturated carbocycles. The molecule has 34 heavy (non-hydrogen) atoms. The number of amides is 1. The molecule has 0 aliphatic carbocycles. The highest BCUT2D eigenvalue weighted by molar-refractivity contribution is 6.04. The van der Waals surface area contributed by atoms with Crippen LogP contribution in [-0.2, 0) is 15.7 Å². The van der Waals surface area contributed by atoms with Crippen molar-refractivity contribution in [2.45, 2.75) is 31.2 Å². The maximum Gasteiger partial charge on any atom is 0.416 e. The number of benzene rings is 2. The standard InChI is InChI=1S/C25H30F3N3O3/c1-30(16-23-17-33-12-13-34-23)21-8-10-31(11-9-21)22-7-3-6-20(15-22)29-24(32)18-4-2-5-19(14-18)25(26,27)28/h2-7,14-15,21,23H,8-13,16-17H2,1H3,(H,29,32)/t23-/m0/s1. The zero-order valence-corrected chi connectivity index (χ0v) is 19.2. The van der Waals surface area contributed by atoms with Crippen molar-refractivity contribution in [1.82, 2.24) is 4.90 Å². The Morgan fingerprint density at radius 3 is 2.59 bits per heavy atom. The van der Waals surface area contributed by atoms with Crippen LogP contribution in [0.1, 0.15) is 28.8 Å². The zero-order chi connectivity index (χ0) is 24.1. The van der Waals surface area contributed by atoms with Crippen LogP contribution in [0.25, 0.3) is 0 Å². The Bertz CT molecular complexity index is 971. The van der Waals surface area contributed by atoms with Crippen molar-refractivity contribution in [3.05, 3.63) is 59.7 Å². The number of ether oxygens (including phenoxy) is 2. The molecule has 9 heteroatoms. The minimum atomic E-state index is -4.49. The van der Waals surface area contributed by atoms with Gasteiger partial charge in [-0.25, -0.2) is 0 Å². The van der Waals surface area contributed by atoms with Gasteiger partial charge >= 0.3 is 6.18 Å². The fourth-order valence-electron chi connectivity index (χ4n) is 4.50. The van der Waals surface area contributed by atoms with E-state index in [0.29, 0.717) is 31.5 Å². The largest absolute Gasteiger partial charge is 0.416 e. The van der Waals surface area contributed by atoms with Gasteiger partial charge in [0.2, 0.25) is 0 Å². The molecule has 1 N–H and O–H groups in total. The molecule has 0 spiro atoms. The molecular weight excluding hydrogens is 447 g/mol. The van der Waals surface area contributed by atoms with Crippen LogP contribution in [0.5, 0.6) is 0 Å². The number of halogens is 3. The Hall–Kier alpha value is -2.62. The second kappa shape index (κ2) is 10.8. The lowest BCUT2D eigenvalue weighted by Gasteiger charge is -2.39. The van der Waals surface area contributed by atoms with Gasteiger partial charge in [-0.3, -0.25) is 4.79 Å². The Morgan fingerprint density at radius 2 is 1.88 bits per heavy atom. The van der Waals surface area contributed by atoms with Gasteiger partial charge in [0.15, 0.2) is 0 Å². The number of carbonyl (C=O) groups excluding carboxylic acids is 1. The first kappa shape index (κ1) is 24.5. The number of carbonyl (C=O) groups is 1. The number of rotatable bonds is 6. The molecule has 0 aromatic heterocycles. The summed E-state index contributed by atoms with van der Waals surface area (Å²) in [5.41, 5.74) is 0.654. The molecule has 1 atom stereocenters. The number of anilines is 2. The van der Waals surface area contributed by atoms with E-state index < -0.39 is 17.6 Å². The Balaban J connectivity index is 1.33. The highest BCUT2D eigenvalue weighted by atomic mass is 19.4. The quantitative estimate of drug-likeness (QED) is 0.674. The Labute approximate surface area is 197 Å². The molecular formula is C25H30F3N3O3. The van der Waals surface area contributed by atoms with Crippen LogP contribution >= 0.6 is 0 Å². The lowest BCUT2D eigenvalue weighted by Crippen LogP contribution is -2.47. The van der Waals surface area contributed by atoms with Gasteiger partial charge in [-0.1, -0.05) is 12.1 Å². The summed E-state index contributed by atoms with van der Waals surface area (Å²) in [6.07, 6.45) is -2.36. The van der Waals surface area contributed by atoms with Crippen molar-refractivity contribution >= 4 is 17.3 Å². The zero-order valence-electron chi connectivity index (χ0n) is 19.2. The Kier molecular flexibility index (Phi) is 7.75. The van der Waals surface area contributed by atoms with Crippen LogP contribution in [0.2, 0.25) is 0 Å². The van der Waals surface area contributed by atoms with E-state index in [4.69, 9.17) is 9.47 Å². The lowest BCUT2D eigenvalue weighted by molar-refractivity contribution is -0.137. The monoisotopic (exact) mass is 477 g/mol. The molecule has 0 bridgehead atoms. The van der Waals surface area contributed by atoms with Gasteiger partial charge in [-0.15, -0.1) is 0 Å². The maximum atomic E-state index is 13.0. The van der Waals surface area contributed by atoms with E-state index in [0.717, 1.165) is 50.3 Å². The van der Waals surface area contributed by atoms with Gasteiger partial charge in [0.05, 0.1) is 31.5 Å². The van der Waals surface area contributed by atoms with E-state index in [1.54, 1.807) is 6.07 Å². The third kappa shape index (κ3) is 6.28. The van der Waals surface area contributed by atoms with E-state index in [1.165, 1.54) is 12.1 Å². The molecule has 0 radical (unpaired) electrons. The molecule has 2 saturated heterocycles. The molecule has 2 fully saturated rings. The summed E-state index contributed by atoms with van der Waals surface area (Å²) < 4.78 is 50.1. The van der Waals surface area contributed by atoms with E-state index in [2.05, 4.69) is 22.2 Å². The molecule has 2 aliphatic rings. The van der Waals surface area contributed by atoms with Crippen LogP contribution in [-0.4, -0.2) is 69.5 Å². The van der Waals surface area contributed by atoms with Crippen molar-refractivity contribution in [3.63, 3.8) is 0 Å². The van der Waals surface area contributed by atoms with E-state index >= 15 is 0 Å². The van der Waals surface area contributed by atoms with E-state index in [-0.39, 0.29) is 11.7 Å². The fraction of sp³-hybridized carbons (Fsp3) is 0.480. The second-order valence-corrected chi connectivity index (χ2v) is 8.81. The molecule has 6 nitrogen and oxygen atoms in total. The summed E-state index contributed by atoms with van der Waals surface area (Å²) in [4.78, 5) is 17.2. The van der Waals surface area contributed by atoms with Gasteiger partial charge in [0.1, 0.15) is 0 Å². The smallest absolute Gasteiger partial charge is 0.376 e. The highest BCUT2D eigenvalue weighted by Gasteiger charge is 2.31. The lowest BCUT2D eigenvalue weighted by atomic mass is 10.0. The number of hydrogen-bond donors (Lipinski definition) is 1. The number of piperidine rings is 1. The predicted molar refractivity (Wildman–Crippen MR) is 124 cm³/mol. The summed E-state index contributed by atoms with van der Waals surface area (Å²) >= 11 is 0. The fourth-order valence-corrected chi connectivity index (χ4v) is 4.50. The third-order valence-corrected chi connectivity index (χ3v) is 6.39. The topological polar surface area (TPSA) is 54.0 Å². The molecule has 4 rings (SSSR count). The summed E-state index contributed by atoms with van der Waals surface area (Å²) in [5.74, 6) is -0.572. The first-order valence-corrected chi connectivity index (χ1v) is 11.5. The maximum absolute atomic E-state index is 13.0. The average molecular weight is 478 g/mol. The Morgan fingerprint density at radius 1 is 1.12 bits per heavy atom. The van der Waals surface area contributed by atoms with Crippen LogP contribution in [0.3, 0.4) is 0 Å². The van der Waals surface area contributed by atoms with Crippen LogP contribution in [0.4, 0.5) is 24.5 Å². The molecule has 184 valence electrons. The minimum Gasteiger partial charge on any atom is -0.376 e. The van der Waals surface area contributed by atoms with Crippen LogP contribution in [0, 0.1) is 0 Å². The van der Waals surface area contributed by atoms with Crippen molar-refractivity contribution in [3.8, 4) is 0 Å². The molecule has 2 heterocycles.